The van der Waals surface area contributed by atoms with Crippen molar-refractivity contribution < 1.29 is 38.2 Å². The molecule has 224 valence electrons. The van der Waals surface area contributed by atoms with Gasteiger partial charge in [-0.05, 0) is 43.5 Å². The van der Waals surface area contributed by atoms with E-state index in [4.69, 9.17) is 14.2 Å². The molecule has 0 bridgehead atoms. The van der Waals surface area contributed by atoms with Crippen LogP contribution in [0.1, 0.15) is 37.8 Å². The minimum Gasteiger partial charge on any atom is -0.461 e. The second kappa shape index (κ2) is 14.1. The number of carbonyl (C=O) groups excluding carboxylic acids is 5. The monoisotopic (exact) mass is 588 g/mol. The molecule has 3 atom stereocenters. The van der Waals surface area contributed by atoms with E-state index in [-0.39, 0.29) is 31.9 Å². The Labute approximate surface area is 248 Å². The van der Waals surface area contributed by atoms with Crippen molar-refractivity contribution >= 4 is 35.4 Å². The van der Waals surface area contributed by atoms with E-state index in [0.29, 0.717) is 5.69 Å². The maximum absolute atomic E-state index is 13.1. The van der Waals surface area contributed by atoms with E-state index in [1.165, 1.54) is 20.0 Å². The number of anilines is 1. The normalized spacial score (nSPS) is 16.7. The van der Waals surface area contributed by atoms with Crippen molar-refractivity contribution in [3.05, 3.63) is 90.1 Å². The molecular formula is C31H32N4O8. The highest BCUT2D eigenvalue weighted by Gasteiger charge is 2.48. The minimum absolute atomic E-state index is 0.0303. The molecule has 1 unspecified atom stereocenters. The van der Waals surface area contributed by atoms with Crippen molar-refractivity contribution in [2.24, 2.45) is 0 Å². The van der Waals surface area contributed by atoms with Gasteiger partial charge in [-0.3, -0.25) is 14.4 Å². The highest BCUT2D eigenvalue weighted by atomic mass is 16.6. The molecule has 0 aliphatic carbocycles. The van der Waals surface area contributed by atoms with Crippen molar-refractivity contribution in [2.45, 2.75) is 57.5 Å². The highest BCUT2D eigenvalue weighted by molar-refractivity contribution is 6.12. The zero-order chi connectivity index (χ0) is 30.8. The number of ether oxygens (including phenoxy) is 3. The molecular weight excluding hydrogens is 556 g/mol. The summed E-state index contributed by atoms with van der Waals surface area (Å²) in [5.74, 6) is -3.77. The summed E-state index contributed by atoms with van der Waals surface area (Å²) in [7, 11) is 0. The van der Waals surface area contributed by atoms with Gasteiger partial charge in [-0.2, -0.15) is 0 Å². The Morgan fingerprint density at radius 3 is 2.19 bits per heavy atom. The van der Waals surface area contributed by atoms with E-state index in [0.717, 1.165) is 11.1 Å². The zero-order valence-corrected chi connectivity index (χ0v) is 23.7. The molecule has 0 fully saturated rings. The van der Waals surface area contributed by atoms with E-state index >= 15 is 0 Å². The third-order valence-corrected chi connectivity index (χ3v) is 6.65. The van der Waals surface area contributed by atoms with Gasteiger partial charge in [0.25, 0.3) is 5.91 Å². The average molecular weight is 589 g/mol. The highest BCUT2D eigenvalue weighted by Crippen LogP contribution is 2.31. The van der Waals surface area contributed by atoms with Crippen LogP contribution in [0.25, 0.3) is 0 Å². The van der Waals surface area contributed by atoms with Gasteiger partial charge < -0.3 is 30.2 Å². The van der Waals surface area contributed by atoms with Crippen LogP contribution in [0.3, 0.4) is 0 Å². The molecule has 12 heteroatoms. The lowest BCUT2D eigenvalue weighted by Crippen LogP contribution is -2.62. The molecule has 0 radical (unpaired) electrons. The number of rotatable bonds is 12. The topological polar surface area (TPSA) is 162 Å². The van der Waals surface area contributed by atoms with Gasteiger partial charge in [0.2, 0.25) is 17.3 Å². The van der Waals surface area contributed by atoms with Crippen molar-refractivity contribution in [1.82, 2.24) is 15.6 Å². The number of fused-ring (bicyclic) bond motifs is 1. The number of nitrogens with zero attached hydrogens (tertiary/aromatic N) is 1. The summed E-state index contributed by atoms with van der Waals surface area (Å²) in [6, 6.07) is 18.9. The molecule has 0 saturated carbocycles. The van der Waals surface area contributed by atoms with Crippen LogP contribution in [-0.4, -0.2) is 52.3 Å². The third kappa shape index (κ3) is 8.15. The summed E-state index contributed by atoms with van der Waals surface area (Å²) in [6.45, 7) is 2.73. The molecule has 0 spiro atoms. The predicted molar refractivity (Wildman–Crippen MR) is 153 cm³/mol. The summed E-state index contributed by atoms with van der Waals surface area (Å²) >= 11 is 0. The van der Waals surface area contributed by atoms with Gasteiger partial charge in [-0.1, -0.05) is 60.7 Å². The van der Waals surface area contributed by atoms with Gasteiger partial charge in [0, 0.05) is 12.6 Å². The Bertz CT molecular complexity index is 1470. The predicted octanol–water partition coefficient (Wildman–Crippen LogP) is 2.43. The van der Waals surface area contributed by atoms with Crippen molar-refractivity contribution in [1.29, 1.82) is 0 Å². The Morgan fingerprint density at radius 1 is 0.907 bits per heavy atom. The number of aromatic nitrogens is 1. The molecule has 1 aliphatic rings. The fourth-order valence-electron chi connectivity index (χ4n) is 4.08. The van der Waals surface area contributed by atoms with E-state index in [2.05, 4.69) is 20.9 Å². The third-order valence-electron chi connectivity index (χ3n) is 6.65. The second-order valence-electron chi connectivity index (χ2n) is 10.0. The molecule has 0 saturated heterocycles. The maximum Gasteiger partial charge on any atom is 0.348 e. The molecule has 43 heavy (non-hydrogen) atoms. The van der Waals surface area contributed by atoms with Crippen molar-refractivity contribution in [3.8, 4) is 5.88 Å². The second-order valence-corrected chi connectivity index (χ2v) is 10.0. The van der Waals surface area contributed by atoms with Gasteiger partial charge in [-0.25, -0.2) is 14.6 Å². The van der Waals surface area contributed by atoms with Gasteiger partial charge in [0.15, 0.2) is 0 Å². The van der Waals surface area contributed by atoms with Gasteiger partial charge in [0.05, 0.1) is 5.69 Å². The van der Waals surface area contributed by atoms with Crippen LogP contribution in [0.15, 0.2) is 79.0 Å². The number of pyridine rings is 1. The fraction of sp³-hybridized carbons (Fsp3) is 0.290. The van der Waals surface area contributed by atoms with Crippen LogP contribution in [0, 0.1) is 0 Å². The molecule has 1 aliphatic heterocycles. The summed E-state index contributed by atoms with van der Waals surface area (Å²) in [6.07, 6.45) is 1.15. The van der Waals surface area contributed by atoms with Gasteiger partial charge >= 0.3 is 17.9 Å². The Balaban J connectivity index is 1.37. The zero-order valence-electron chi connectivity index (χ0n) is 23.7. The number of benzene rings is 2. The van der Waals surface area contributed by atoms with Crippen molar-refractivity contribution in [2.75, 3.05) is 5.32 Å². The first-order valence-electron chi connectivity index (χ1n) is 13.6. The first kappa shape index (κ1) is 30.7. The Kier molecular flexibility index (Phi) is 10.0. The number of esters is 3. The van der Waals surface area contributed by atoms with Crippen LogP contribution < -0.4 is 20.7 Å². The summed E-state index contributed by atoms with van der Waals surface area (Å²) in [5, 5.41) is 7.83. The van der Waals surface area contributed by atoms with Crippen LogP contribution in [0.2, 0.25) is 0 Å². The van der Waals surface area contributed by atoms with Crippen LogP contribution in [0.4, 0.5) is 5.69 Å². The quantitative estimate of drug-likeness (QED) is 0.212. The lowest BCUT2D eigenvalue weighted by atomic mass is 9.99. The molecule has 1 aromatic heterocycles. The lowest BCUT2D eigenvalue weighted by molar-refractivity contribution is -0.150. The van der Waals surface area contributed by atoms with E-state index in [1.54, 1.807) is 36.4 Å². The minimum atomic E-state index is -1.85. The standard InChI is InChI=1S/C31H32N4O8/c1-20(33-29(39)31(2)30(40)43-27-23(35-31)14-9-17-32-27)26(37)34-24(28(38)42-19-22-12-7-4-8-13-22)15-16-25(36)41-18-21-10-5-3-6-11-21/h3-14,17,20,24,35H,15-16,18-19H2,1-2H3,(H,33,39)(H,34,37)/t20-,24+,31?/m0/s1. The number of nitrogens with one attached hydrogen (secondary N) is 3. The summed E-state index contributed by atoms with van der Waals surface area (Å²) in [5.41, 5.74) is 0.0245. The Morgan fingerprint density at radius 2 is 1.53 bits per heavy atom. The summed E-state index contributed by atoms with van der Waals surface area (Å²) < 4.78 is 15.9. The van der Waals surface area contributed by atoms with Crippen LogP contribution >= 0.6 is 0 Å². The largest absolute Gasteiger partial charge is 0.461 e. The van der Waals surface area contributed by atoms with E-state index in [9.17, 15) is 24.0 Å². The van der Waals surface area contributed by atoms with Crippen LogP contribution in [0.5, 0.6) is 5.88 Å². The fourth-order valence-corrected chi connectivity index (χ4v) is 4.08. The van der Waals surface area contributed by atoms with Crippen LogP contribution in [-0.2, 0) is 46.7 Å². The summed E-state index contributed by atoms with van der Waals surface area (Å²) in [4.78, 5) is 68.2. The van der Waals surface area contributed by atoms with Crippen molar-refractivity contribution in [3.63, 3.8) is 0 Å². The molecule has 3 aromatic rings. The molecule has 3 N–H and O–H groups in total. The number of hydrogen-bond acceptors (Lipinski definition) is 10. The van der Waals surface area contributed by atoms with Gasteiger partial charge in [-0.15, -0.1) is 0 Å². The Hall–Kier alpha value is -5.26. The van der Waals surface area contributed by atoms with Gasteiger partial charge in [0.1, 0.15) is 25.3 Å². The number of carbonyl (C=O) groups is 5. The smallest absolute Gasteiger partial charge is 0.348 e. The molecule has 2 aromatic carbocycles. The maximum atomic E-state index is 13.1. The molecule has 4 rings (SSSR count). The molecule has 2 heterocycles. The number of amides is 2. The van der Waals surface area contributed by atoms with E-state index in [1.807, 2.05) is 36.4 Å². The molecule has 2 amide bonds. The molecule has 12 nitrogen and oxygen atoms in total. The SMILES string of the molecule is C[C@H](NC(=O)C1(C)Nc2cccnc2OC1=O)C(=O)N[C@H](CCC(=O)OCc1ccccc1)C(=O)OCc1ccccc1. The van der Waals surface area contributed by atoms with E-state index < -0.39 is 47.3 Å². The average Bonchev–Trinajstić information content (AvgIpc) is 3.02. The lowest BCUT2D eigenvalue weighted by Gasteiger charge is -2.33. The number of hydrogen-bond donors (Lipinski definition) is 3. The first-order valence-corrected chi connectivity index (χ1v) is 13.6. The first-order chi connectivity index (χ1) is 20.7.